The first kappa shape index (κ1) is 28.1. The van der Waals surface area contributed by atoms with Gasteiger partial charge in [-0.3, -0.25) is 14.5 Å². The fourth-order valence-electron chi connectivity index (χ4n) is 4.16. The lowest BCUT2D eigenvalue weighted by molar-refractivity contribution is -0.135. The van der Waals surface area contributed by atoms with Crippen LogP contribution in [0.4, 0.5) is 5.82 Å². The van der Waals surface area contributed by atoms with E-state index in [0.29, 0.717) is 16.4 Å². The van der Waals surface area contributed by atoms with E-state index in [-0.39, 0.29) is 16.9 Å². The Balaban J connectivity index is 0.000000473. The highest BCUT2D eigenvalue weighted by atomic mass is 35.5. The highest BCUT2D eigenvalue weighted by Gasteiger charge is 2.42. The summed E-state index contributed by atoms with van der Waals surface area (Å²) in [6.07, 6.45) is 2.06. The molecular weight excluding hydrogens is 480 g/mol. The number of aliphatic carboxylic acids is 2. The highest BCUT2D eigenvalue weighted by molar-refractivity contribution is 6.30. The van der Waals surface area contributed by atoms with Crippen molar-refractivity contribution in [3.8, 4) is 11.3 Å². The van der Waals surface area contributed by atoms with Crippen LogP contribution in [0.1, 0.15) is 37.0 Å². The zero-order valence-corrected chi connectivity index (χ0v) is 20.7. The van der Waals surface area contributed by atoms with Gasteiger partial charge < -0.3 is 30.1 Å². The molecule has 0 unspecified atom stereocenters. The summed E-state index contributed by atoms with van der Waals surface area (Å²) in [5.41, 5.74) is 0.811. The van der Waals surface area contributed by atoms with Gasteiger partial charge in [0, 0.05) is 49.6 Å². The molecule has 12 heteroatoms. The number of aromatic nitrogens is 1. The van der Waals surface area contributed by atoms with Crippen molar-refractivity contribution in [2.24, 2.45) is 0 Å². The van der Waals surface area contributed by atoms with E-state index in [2.05, 4.69) is 27.3 Å². The maximum Gasteiger partial charge on any atom is 0.343 e. The van der Waals surface area contributed by atoms with Gasteiger partial charge in [0.05, 0.1) is 0 Å². The predicted octanol–water partition coefficient (Wildman–Crippen LogP) is 2.75. The van der Waals surface area contributed by atoms with E-state index in [9.17, 15) is 9.90 Å². The number of piperazine rings is 1. The van der Waals surface area contributed by atoms with Crippen LogP contribution < -0.4 is 10.2 Å². The lowest BCUT2D eigenvalue weighted by Gasteiger charge is -2.51. The van der Waals surface area contributed by atoms with Crippen molar-refractivity contribution in [1.29, 1.82) is 0 Å². The number of nitrogens with one attached hydrogen (secondary N) is 1. The van der Waals surface area contributed by atoms with Gasteiger partial charge in [0.25, 0.3) is 11.9 Å². The Hall–Kier alpha value is -3.15. The number of nitrogens with zero attached hydrogens (tertiary/aromatic N) is 3. The molecule has 4 rings (SSSR count). The number of likely N-dealkylation sites (N-methyl/N-ethyl adjacent to an activating group) is 1. The molecule has 4 N–H and O–H groups in total. The molecular formula is C23H31ClN4O7. The molecule has 2 saturated heterocycles. The second kappa shape index (κ2) is 12.5. The lowest BCUT2D eigenvalue weighted by Crippen LogP contribution is -2.64. The van der Waals surface area contributed by atoms with Crippen LogP contribution >= 0.6 is 11.6 Å². The van der Waals surface area contributed by atoms with Gasteiger partial charge in [-0.25, -0.2) is 4.79 Å². The molecule has 0 aliphatic carbocycles. The van der Waals surface area contributed by atoms with Crippen LogP contribution in [0.25, 0.3) is 11.3 Å². The minimum absolute atomic E-state index is 0.0403. The Bertz CT molecular complexity index is 999. The number of rotatable bonds is 3. The first-order valence-corrected chi connectivity index (χ1v) is 11.4. The second-order valence-corrected chi connectivity index (χ2v) is 8.81. The van der Waals surface area contributed by atoms with E-state index in [1.165, 1.54) is 0 Å². The van der Waals surface area contributed by atoms with Crippen molar-refractivity contribution in [3.63, 3.8) is 0 Å². The number of carboxylic acids is 3. The molecule has 0 amide bonds. The monoisotopic (exact) mass is 510 g/mol. The number of hydrogen-bond donors (Lipinski definition) is 4. The summed E-state index contributed by atoms with van der Waals surface area (Å²) in [5.74, 6) is -2.01. The van der Waals surface area contributed by atoms with Crippen LogP contribution in [-0.2, 0) is 9.59 Å². The van der Waals surface area contributed by atoms with Crippen molar-refractivity contribution in [2.45, 2.75) is 32.2 Å². The maximum absolute atomic E-state index is 12.0. The zero-order chi connectivity index (χ0) is 26.2. The van der Waals surface area contributed by atoms with Crippen LogP contribution in [-0.4, -0.2) is 88.6 Å². The summed E-state index contributed by atoms with van der Waals surface area (Å²) >= 11 is 5.94. The average molecular weight is 511 g/mol. The Morgan fingerprint density at radius 1 is 1.03 bits per heavy atom. The van der Waals surface area contributed by atoms with Crippen molar-refractivity contribution in [1.82, 2.24) is 15.4 Å². The summed E-state index contributed by atoms with van der Waals surface area (Å²) < 4.78 is 5.50. The summed E-state index contributed by atoms with van der Waals surface area (Å²) in [7, 11) is 2.16. The maximum atomic E-state index is 12.0. The van der Waals surface area contributed by atoms with Crippen LogP contribution in [0.5, 0.6) is 0 Å². The fourth-order valence-corrected chi connectivity index (χ4v) is 4.29. The Kier molecular flexibility index (Phi) is 10.1. The highest BCUT2D eigenvalue weighted by Crippen LogP contribution is 2.36. The number of carbonyl (C=O) groups is 3. The van der Waals surface area contributed by atoms with Gasteiger partial charge in [-0.15, -0.1) is 0 Å². The van der Waals surface area contributed by atoms with Gasteiger partial charge in [-0.05, 0) is 57.2 Å². The molecule has 2 aliphatic rings. The largest absolute Gasteiger partial charge is 0.481 e. The average Bonchev–Trinajstić information content (AvgIpc) is 3.22. The minimum atomic E-state index is -1.03. The van der Waals surface area contributed by atoms with E-state index in [1.54, 1.807) is 24.3 Å². The van der Waals surface area contributed by atoms with Crippen LogP contribution in [0, 0.1) is 0 Å². The molecule has 192 valence electrons. The van der Waals surface area contributed by atoms with E-state index >= 15 is 0 Å². The van der Waals surface area contributed by atoms with Gasteiger partial charge in [0.1, 0.15) is 0 Å². The normalized spacial score (nSPS) is 17.0. The van der Waals surface area contributed by atoms with Gasteiger partial charge >= 0.3 is 5.97 Å². The van der Waals surface area contributed by atoms with Crippen molar-refractivity contribution in [3.05, 3.63) is 34.9 Å². The Labute approximate surface area is 208 Å². The molecule has 3 heterocycles. The summed E-state index contributed by atoms with van der Waals surface area (Å²) in [4.78, 5) is 34.5. The molecule has 0 atom stereocenters. The molecule has 1 aromatic heterocycles. The number of piperidine rings is 1. The van der Waals surface area contributed by atoms with Gasteiger partial charge in [-0.2, -0.15) is 0 Å². The summed E-state index contributed by atoms with van der Waals surface area (Å²) in [6.45, 7) is 6.44. The zero-order valence-electron chi connectivity index (χ0n) is 20.0. The first-order chi connectivity index (χ1) is 16.5. The van der Waals surface area contributed by atoms with Crippen molar-refractivity contribution >= 4 is 35.3 Å². The van der Waals surface area contributed by atoms with Gasteiger partial charge in [-0.1, -0.05) is 16.8 Å². The number of benzene rings is 1. The topological polar surface area (TPSA) is 156 Å². The van der Waals surface area contributed by atoms with Crippen LogP contribution in [0.15, 0.2) is 28.8 Å². The van der Waals surface area contributed by atoms with E-state index in [1.807, 2.05) is 0 Å². The van der Waals surface area contributed by atoms with Gasteiger partial charge in [0.15, 0.2) is 17.1 Å². The first-order valence-electron chi connectivity index (χ1n) is 11.0. The lowest BCUT2D eigenvalue weighted by atomic mass is 9.84. The quantitative estimate of drug-likeness (QED) is 0.481. The van der Waals surface area contributed by atoms with Crippen molar-refractivity contribution in [2.75, 3.05) is 44.7 Å². The molecule has 2 aliphatic heterocycles. The number of aromatic carboxylic acids is 1. The standard InChI is InChI=1S/C19H23ClN4O3.2C2H4O2/c1-23-10-11-24(12-19(23)6-8-21-9-7-19)17-15(18(25)26)16(27-22-17)13-2-4-14(20)5-3-13;2*1-2(3)4/h2-5,21H,6-12H2,1H3,(H,25,26);2*1H3,(H,3,4). The third-order valence-corrected chi connectivity index (χ3v) is 6.08. The smallest absolute Gasteiger partial charge is 0.343 e. The molecule has 11 nitrogen and oxygen atoms in total. The van der Waals surface area contributed by atoms with E-state index in [4.69, 9.17) is 35.9 Å². The Morgan fingerprint density at radius 2 is 1.57 bits per heavy atom. The number of halogens is 1. The molecule has 0 bridgehead atoms. The number of anilines is 1. The van der Waals surface area contributed by atoms with Crippen molar-refractivity contribution < 1.29 is 34.2 Å². The van der Waals surface area contributed by atoms with Crippen LogP contribution in [0.2, 0.25) is 5.02 Å². The summed E-state index contributed by atoms with van der Waals surface area (Å²) in [6, 6.07) is 6.92. The Morgan fingerprint density at radius 3 is 2.09 bits per heavy atom. The number of carboxylic acid groups (broad SMARTS) is 3. The van der Waals surface area contributed by atoms with E-state index in [0.717, 1.165) is 59.4 Å². The fraction of sp³-hybridized carbons (Fsp3) is 0.478. The minimum Gasteiger partial charge on any atom is -0.481 e. The van der Waals surface area contributed by atoms with E-state index < -0.39 is 17.9 Å². The molecule has 1 spiro atoms. The third kappa shape index (κ3) is 7.67. The number of hydrogen-bond acceptors (Lipinski definition) is 8. The SMILES string of the molecule is CC(=O)O.CC(=O)O.CN1CCN(c2noc(-c3ccc(Cl)cc3)c2C(=O)O)CC12CCNCC2. The molecule has 0 radical (unpaired) electrons. The second-order valence-electron chi connectivity index (χ2n) is 8.38. The molecule has 35 heavy (non-hydrogen) atoms. The molecule has 1 aromatic carbocycles. The van der Waals surface area contributed by atoms with Gasteiger partial charge in [0.2, 0.25) is 0 Å². The molecule has 2 fully saturated rings. The molecule has 0 saturated carbocycles. The van der Waals surface area contributed by atoms with Crippen LogP contribution in [0.3, 0.4) is 0 Å². The predicted molar refractivity (Wildman–Crippen MR) is 130 cm³/mol. The third-order valence-electron chi connectivity index (χ3n) is 5.83. The molecule has 2 aromatic rings. The summed E-state index contributed by atoms with van der Waals surface area (Å²) in [5, 5.41) is 32.9.